The molecule has 0 amide bonds. The lowest BCUT2D eigenvalue weighted by Crippen LogP contribution is -2.36. The van der Waals surface area contributed by atoms with Gasteiger partial charge in [0.25, 0.3) is 0 Å². The summed E-state index contributed by atoms with van der Waals surface area (Å²) in [6.07, 6.45) is 3.96. The molecule has 1 saturated carbocycles. The first-order valence-corrected chi connectivity index (χ1v) is 5.61. The molecule has 2 rings (SSSR count). The number of rotatable bonds is 1. The van der Waals surface area contributed by atoms with Crippen molar-refractivity contribution in [3.05, 3.63) is 35.6 Å². The minimum atomic E-state index is -0.819. The maximum Gasteiger partial charge on any atom is 0.123 e. The fourth-order valence-electron chi connectivity index (χ4n) is 2.52. The van der Waals surface area contributed by atoms with E-state index >= 15 is 0 Å². The van der Waals surface area contributed by atoms with E-state index in [1.54, 1.807) is 6.07 Å². The van der Waals surface area contributed by atoms with Gasteiger partial charge in [-0.1, -0.05) is 31.9 Å². The molecule has 1 N–H and O–H groups in total. The third-order valence-corrected chi connectivity index (χ3v) is 3.58. The van der Waals surface area contributed by atoms with E-state index in [-0.39, 0.29) is 11.7 Å². The minimum absolute atomic E-state index is 0.216. The van der Waals surface area contributed by atoms with Crippen LogP contribution in [0.2, 0.25) is 0 Å². The molecule has 2 unspecified atom stereocenters. The van der Waals surface area contributed by atoms with Crippen LogP contribution in [0.3, 0.4) is 0 Å². The van der Waals surface area contributed by atoms with Gasteiger partial charge in [-0.2, -0.15) is 0 Å². The van der Waals surface area contributed by atoms with Crippen molar-refractivity contribution in [2.75, 3.05) is 0 Å². The Labute approximate surface area is 89.9 Å². The van der Waals surface area contributed by atoms with Crippen LogP contribution in [0.15, 0.2) is 24.3 Å². The van der Waals surface area contributed by atoms with Crippen LogP contribution in [0.25, 0.3) is 0 Å². The van der Waals surface area contributed by atoms with Gasteiger partial charge in [-0.05, 0) is 36.5 Å². The smallest absolute Gasteiger partial charge is 0.123 e. The molecule has 2 heteroatoms. The van der Waals surface area contributed by atoms with Gasteiger partial charge in [0.1, 0.15) is 5.82 Å². The molecule has 1 aromatic rings. The number of aliphatic hydroxyl groups is 1. The predicted octanol–water partition coefficient (Wildman–Crippen LogP) is 3.22. The molecule has 0 spiro atoms. The second-order valence-electron chi connectivity index (χ2n) is 4.58. The zero-order valence-corrected chi connectivity index (χ0v) is 9.04. The summed E-state index contributed by atoms with van der Waals surface area (Å²) in [5.41, 5.74) is -0.0879. The van der Waals surface area contributed by atoms with Gasteiger partial charge in [0.2, 0.25) is 0 Å². The lowest BCUT2D eigenvalue weighted by atomic mass is 9.72. The highest BCUT2D eigenvalue weighted by molar-refractivity contribution is 5.24. The van der Waals surface area contributed by atoms with Gasteiger partial charge in [0.15, 0.2) is 0 Å². The highest BCUT2D eigenvalue weighted by atomic mass is 19.1. The Morgan fingerprint density at radius 3 is 2.87 bits per heavy atom. The summed E-state index contributed by atoms with van der Waals surface area (Å²) in [7, 11) is 0. The Bertz CT molecular complexity index is 350. The molecule has 0 bridgehead atoms. The maximum absolute atomic E-state index is 13.1. The number of benzene rings is 1. The normalized spacial score (nSPS) is 31.5. The fourth-order valence-corrected chi connectivity index (χ4v) is 2.52. The Balaban J connectivity index is 2.34. The Morgan fingerprint density at radius 2 is 2.20 bits per heavy atom. The summed E-state index contributed by atoms with van der Waals surface area (Å²) in [6.45, 7) is 2.05. The molecule has 1 nitrogen and oxygen atoms in total. The van der Waals surface area contributed by atoms with Crippen LogP contribution in [-0.4, -0.2) is 5.11 Å². The molecule has 1 aliphatic carbocycles. The van der Waals surface area contributed by atoms with Crippen molar-refractivity contribution in [3.63, 3.8) is 0 Å². The first kappa shape index (κ1) is 10.6. The van der Waals surface area contributed by atoms with Crippen molar-refractivity contribution >= 4 is 0 Å². The second kappa shape index (κ2) is 3.93. The summed E-state index contributed by atoms with van der Waals surface area (Å²) in [4.78, 5) is 0. The molecule has 0 aromatic heterocycles. The number of halogens is 1. The van der Waals surface area contributed by atoms with Gasteiger partial charge in [0, 0.05) is 0 Å². The molecule has 0 saturated heterocycles. The number of hydrogen-bond acceptors (Lipinski definition) is 1. The molecule has 0 aliphatic heterocycles. The van der Waals surface area contributed by atoms with Gasteiger partial charge in [-0.3, -0.25) is 0 Å². The summed E-state index contributed by atoms with van der Waals surface area (Å²) in [5.74, 6) is -0.0493. The molecular formula is C13H17FO. The van der Waals surface area contributed by atoms with Gasteiger partial charge in [-0.25, -0.2) is 4.39 Å². The number of hydrogen-bond donors (Lipinski definition) is 1. The van der Waals surface area contributed by atoms with Crippen molar-refractivity contribution in [1.82, 2.24) is 0 Å². The highest BCUT2D eigenvalue weighted by Crippen LogP contribution is 2.41. The van der Waals surface area contributed by atoms with Crippen LogP contribution in [0.4, 0.5) is 4.39 Å². The topological polar surface area (TPSA) is 20.2 Å². The average molecular weight is 208 g/mol. The van der Waals surface area contributed by atoms with E-state index in [4.69, 9.17) is 0 Å². The molecule has 0 radical (unpaired) electrons. The predicted molar refractivity (Wildman–Crippen MR) is 57.9 cm³/mol. The van der Waals surface area contributed by atoms with E-state index in [2.05, 4.69) is 0 Å². The Morgan fingerprint density at radius 1 is 1.40 bits per heavy atom. The quantitative estimate of drug-likeness (QED) is 0.751. The standard InChI is InChI=1S/C13H17FO/c1-10-5-2-3-8-13(10,15)11-6-4-7-12(14)9-11/h4,6-7,9-10,15H,2-3,5,8H2,1H3. The summed E-state index contributed by atoms with van der Waals surface area (Å²) >= 11 is 0. The second-order valence-corrected chi connectivity index (χ2v) is 4.58. The lowest BCUT2D eigenvalue weighted by molar-refractivity contribution is -0.0471. The van der Waals surface area contributed by atoms with E-state index in [1.807, 2.05) is 13.0 Å². The molecule has 1 aromatic carbocycles. The first-order valence-electron chi connectivity index (χ1n) is 5.61. The monoisotopic (exact) mass is 208 g/mol. The Kier molecular flexibility index (Phi) is 2.79. The SMILES string of the molecule is CC1CCCCC1(O)c1cccc(F)c1. The van der Waals surface area contributed by atoms with E-state index in [0.717, 1.165) is 24.8 Å². The van der Waals surface area contributed by atoms with Gasteiger partial charge < -0.3 is 5.11 Å². The molecule has 0 heterocycles. The maximum atomic E-state index is 13.1. The third-order valence-electron chi connectivity index (χ3n) is 3.58. The largest absolute Gasteiger partial charge is 0.385 e. The van der Waals surface area contributed by atoms with Crippen LogP contribution in [0.5, 0.6) is 0 Å². The zero-order valence-electron chi connectivity index (χ0n) is 9.04. The van der Waals surface area contributed by atoms with Crippen LogP contribution in [0, 0.1) is 11.7 Å². The van der Waals surface area contributed by atoms with Gasteiger partial charge >= 0.3 is 0 Å². The summed E-state index contributed by atoms with van der Waals surface area (Å²) < 4.78 is 13.1. The molecule has 1 fully saturated rings. The van der Waals surface area contributed by atoms with Crippen LogP contribution < -0.4 is 0 Å². The Hall–Kier alpha value is -0.890. The van der Waals surface area contributed by atoms with E-state index in [1.165, 1.54) is 18.6 Å². The van der Waals surface area contributed by atoms with Crippen LogP contribution in [0.1, 0.15) is 38.2 Å². The van der Waals surface area contributed by atoms with Crippen LogP contribution >= 0.6 is 0 Å². The highest BCUT2D eigenvalue weighted by Gasteiger charge is 2.37. The third kappa shape index (κ3) is 1.91. The zero-order chi connectivity index (χ0) is 10.9. The van der Waals surface area contributed by atoms with E-state index in [0.29, 0.717) is 0 Å². The van der Waals surface area contributed by atoms with Crippen LogP contribution in [-0.2, 0) is 5.60 Å². The molecular weight excluding hydrogens is 191 g/mol. The average Bonchev–Trinajstić information content (AvgIpc) is 2.23. The first-order chi connectivity index (χ1) is 7.13. The molecule has 15 heavy (non-hydrogen) atoms. The molecule has 2 atom stereocenters. The summed E-state index contributed by atoms with van der Waals surface area (Å²) in [5, 5.41) is 10.6. The summed E-state index contributed by atoms with van der Waals surface area (Å²) in [6, 6.07) is 6.37. The van der Waals surface area contributed by atoms with E-state index < -0.39 is 5.60 Å². The van der Waals surface area contributed by atoms with Crippen molar-refractivity contribution in [1.29, 1.82) is 0 Å². The van der Waals surface area contributed by atoms with Crippen molar-refractivity contribution in [3.8, 4) is 0 Å². The van der Waals surface area contributed by atoms with E-state index in [9.17, 15) is 9.50 Å². The molecule has 1 aliphatic rings. The molecule has 82 valence electrons. The van der Waals surface area contributed by atoms with Crippen molar-refractivity contribution < 1.29 is 9.50 Å². The van der Waals surface area contributed by atoms with Gasteiger partial charge in [0.05, 0.1) is 5.60 Å². The lowest BCUT2D eigenvalue weighted by Gasteiger charge is -2.38. The van der Waals surface area contributed by atoms with Crippen molar-refractivity contribution in [2.24, 2.45) is 5.92 Å². The fraction of sp³-hybridized carbons (Fsp3) is 0.538. The van der Waals surface area contributed by atoms with Gasteiger partial charge in [-0.15, -0.1) is 0 Å². The van der Waals surface area contributed by atoms with Crippen molar-refractivity contribution in [2.45, 2.75) is 38.2 Å². The minimum Gasteiger partial charge on any atom is -0.385 e.